The van der Waals surface area contributed by atoms with Crippen molar-refractivity contribution in [1.82, 2.24) is 21.3 Å². The quantitative estimate of drug-likeness (QED) is 0.349. The molecule has 1 aromatic rings. The smallest absolute Gasteiger partial charge is 0.408 e. The normalized spacial score (nSPS) is 12.8. The first kappa shape index (κ1) is 29.6. The molecule has 35 heavy (non-hydrogen) atoms. The Hall–Kier alpha value is -3.43. The Labute approximate surface area is 206 Å². The summed E-state index contributed by atoms with van der Waals surface area (Å²) in [6.07, 6.45) is -0.230. The van der Waals surface area contributed by atoms with Crippen LogP contribution in [-0.4, -0.2) is 60.4 Å². The molecule has 1 rings (SSSR count). The summed E-state index contributed by atoms with van der Waals surface area (Å²) in [5.41, 5.74) is 0.0829. The van der Waals surface area contributed by atoms with Crippen molar-refractivity contribution in [2.24, 2.45) is 5.92 Å². The van der Waals surface area contributed by atoms with Crippen LogP contribution in [0.5, 0.6) is 0 Å². The molecule has 0 aromatic heterocycles. The van der Waals surface area contributed by atoms with Gasteiger partial charge in [0, 0.05) is 6.42 Å². The topological polar surface area (TPSA) is 143 Å². The van der Waals surface area contributed by atoms with Gasteiger partial charge in [-0.15, -0.1) is 0 Å². The number of rotatable bonds is 12. The molecule has 2 unspecified atom stereocenters. The lowest BCUT2D eigenvalue weighted by Gasteiger charge is -2.24. The van der Waals surface area contributed by atoms with Crippen LogP contribution in [0.1, 0.15) is 53.5 Å². The molecule has 0 fully saturated rings. The van der Waals surface area contributed by atoms with Crippen LogP contribution in [0.2, 0.25) is 0 Å². The Balaban J connectivity index is 2.93. The lowest BCUT2D eigenvalue weighted by Crippen LogP contribution is -2.56. The van der Waals surface area contributed by atoms with E-state index in [0.29, 0.717) is 6.42 Å². The second-order valence-corrected chi connectivity index (χ2v) is 9.78. The molecule has 0 spiro atoms. The third-order valence-electron chi connectivity index (χ3n) is 4.58. The summed E-state index contributed by atoms with van der Waals surface area (Å²) in [6, 6.07) is 7.21. The van der Waals surface area contributed by atoms with Crippen molar-refractivity contribution in [1.29, 1.82) is 0 Å². The van der Waals surface area contributed by atoms with Gasteiger partial charge in [-0.25, -0.2) is 4.79 Å². The van der Waals surface area contributed by atoms with E-state index in [1.165, 1.54) is 6.92 Å². The third-order valence-corrected chi connectivity index (χ3v) is 4.58. The number of amides is 4. The third kappa shape index (κ3) is 13.1. The van der Waals surface area contributed by atoms with Crippen LogP contribution < -0.4 is 21.3 Å². The number of ether oxygens (including phenoxy) is 1. The van der Waals surface area contributed by atoms with E-state index in [9.17, 15) is 24.0 Å². The van der Waals surface area contributed by atoms with Gasteiger partial charge in [-0.1, -0.05) is 44.2 Å². The second kappa shape index (κ2) is 14.1. The van der Waals surface area contributed by atoms with Gasteiger partial charge in [-0.3, -0.25) is 19.2 Å². The molecule has 2 atom stereocenters. The van der Waals surface area contributed by atoms with Gasteiger partial charge < -0.3 is 26.0 Å². The van der Waals surface area contributed by atoms with Crippen LogP contribution in [0.15, 0.2) is 30.3 Å². The minimum absolute atomic E-state index is 0.0866. The van der Waals surface area contributed by atoms with Gasteiger partial charge in [0.15, 0.2) is 0 Å². The fourth-order valence-corrected chi connectivity index (χ4v) is 3.08. The Morgan fingerprint density at radius 2 is 1.49 bits per heavy atom. The summed E-state index contributed by atoms with van der Waals surface area (Å²) in [5.74, 6) is -1.74. The summed E-state index contributed by atoms with van der Waals surface area (Å²) in [7, 11) is 0. The summed E-state index contributed by atoms with van der Waals surface area (Å²) < 4.78 is 5.11. The predicted octanol–water partition coefficient (Wildman–Crippen LogP) is 1.47. The summed E-state index contributed by atoms with van der Waals surface area (Å²) >= 11 is 0. The molecule has 0 saturated heterocycles. The average Bonchev–Trinajstić information content (AvgIpc) is 2.74. The van der Waals surface area contributed by atoms with Crippen LogP contribution in [-0.2, 0) is 30.3 Å². The van der Waals surface area contributed by atoms with Crippen LogP contribution in [0.4, 0.5) is 4.79 Å². The predicted molar refractivity (Wildman–Crippen MR) is 131 cm³/mol. The van der Waals surface area contributed by atoms with Crippen molar-refractivity contribution in [2.75, 3.05) is 13.1 Å². The molecule has 0 bridgehead atoms. The SMILES string of the molecule is CC(=O)CNC(=O)C(CC(C)C)NC(=O)C(Cc1ccccc1)NC(=O)CNC(=O)OC(C)(C)C. The summed E-state index contributed by atoms with van der Waals surface area (Å²) in [5, 5.41) is 10.2. The molecular weight excluding hydrogens is 452 g/mol. The Morgan fingerprint density at radius 1 is 0.857 bits per heavy atom. The van der Waals surface area contributed by atoms with E-state index >= 15 is 0 Å². The van der Waals surface area contributed by atoms with Gasteiger partial charge in [-0.05, 0) is 45.6 Å². The lowest BCUT2D eigenvalue weighted by molar-refractivity contribution is -0.132. The highest BCUT2D eigenvalue weighted by Crippen LogP contribution is 2.09. The summed E-state index contributed by atoms with van der Waals surface area (Å²) in [4.78, 5) is 61.4. The molecule has 0 saturated carbocycles. The van der Waals surface area contributed by atoms with E-state index in [1.54, 1.807) is 20.8 Å². The number of carbonyl (C=O) groups excluding carboxylic acids is 5. The number of ketones is 1. The van der Waals surface area contributed by atoms with Gasteiger partial charge in [0.05, 0.1) is 6.54 Å². The first-order valence-corrected chi connectivity index (χ1v) is 11.6. The lowest BCUT2D eigenvalue weighted by atomic mass is 10.0. The molecule has 0 radical (unpaired) electrons. The zero-order valence-corrected chi connectivity index (χ0v) is 21.4. The van der Waals surface area contributed by atoms with E-state index in [-0.39, 0.29) is 31.2 Å². The maximum absolute atomic E-state index is 13.2. The average molecular weight is 491 g/mol. The van der Waals surface area contributed by atoms with Crippen LogP contribution in [0.3, 0.4) is 0 Å². The van der Waals surface area contributed by atoms with Crippen molar-refractivity contribution in [3.8, 4) is 0 Å². The minimum Gasteiger partial charge on any atom is -0.444 e. The Morgan fingerprint density at radius 3 is 2.03 bits per heavy atom. The standard InChI is InChI=1S/C25H38N4O6/c1-16(2)12-19(22(32)26-14-17(3)30)29-23(33)20(13-18-10-8-7-9-11-18)28-21(31)15-27-24(34)35-25(4,5)6/h7-11,16,19-20H,12-15H2,1-6H3,(H,26,32)(H,27,34)(H,28,31)(H,29,33). The number of hydrogen-bond donors (Lipinski definition) is 4. The maximum atomic E-state index is 13.2. The molecule has 4 N–H and O–H groups in total. The van der Waals surface area contributed by atoms with Gasteiger partial charge >= 0.3 is 6.09 Å². The first-order valence-electron chi connectivity index (χ1n) is 11.6. The molecule has 0 aliphatic heterocycles. The van der Waals surface area contributed by atoms with Gasteiger partial charge in [0.1, 0.15) is 30.0 Å². The molecule has 4 amide bonds. The van der Waals surface area contributed by atoms with Gasteiger partial charge in [0.2, 0.25) is 17.7 Å². The highest BCUT2D eigenvalue weighted by atomic mass is 16.6. The van der Waals surface area contributed by atoms with Crippen LogP contribution in [0.25, 0.3) is 0 Å². The molecule has 0 aliphatic carbocycles. The molecular formula is C25H38N4O6. The number of nitrogens with one attached hydrogen (secondary N) is 4. The monoisotopic (exact) mass is 490 g/mol. The van der Waals surface area contributed by atoms with E-state index in [4.69, 9.17) is 4.74 Å². The fraction of sp³-hybridized carbons (Fsp3) is 0.560. The highest BCUT2D eigenvalue weighted by Gasteiger charge is 2.28. The van der Waals surface area contributed by atoms with Crippen molar-refractivity contribution >= 4 is 29.6 Å². The van der Waals surface area contributed by atoms with E-state index < -0.39 is 41.5 Å². The highest BCUT2D eigenvalue weighted by molar-refractivity contribution is 5.94. The zero-order valence-electron chi connectivity index (χ0n) is 21.4. The molecule has 1 aromatic carbocycles. The summed E-state index contributed by atoms with van der Waals surface area (Å²) in [6.45, 7) is 9.75. The minimum atomic E-state index is -0.999. The molecule has 0 aliphatic rings. The number of Topliss-reactive ketones (excluding diaryl/α,β-unsaturated/α-hetero) is 1. The molecule has 10 nitrogen and oxygen atoms in total. The van der Waals surface area contributed by atoms with E-state index in [0.717, 1.165) is 5.56 Å². The zero-order chi connectivity index (χ0) is 26.6. The Kier molecular flexibility index (Phi) is 11.9. The van der Waals surface area contributed by atoms with E-state index in [1.807, 2.05) is 44.2 Å². The van der Waals surface area contributed by atoms with Crippen molar-refractivity contribution in [2.45, 2.75) is 72.1 Å². The van der Waals surface area contributed by atoms with Crippen molar-refractivity contribution in [3.05, 3.63) is 35.9 Å². The maximum Gasteiger partial charge on any atom is 0.408 e. The first-order chi connectivity index (χ1) is 16.3. The van der Waals surface area contributed by atoms with E-state index in [2.05, 4.69) is 21.3 Å². The number of benzene rings is 1. The Bertz CT molecular complexity index is 880. The van der Waals surface area contributed by atoms with Gasteiger partial charge in [0.25, 0.3) is 0 Å². The van der Waals surface area contributed by atoms with Crippen molar-refractivity contribution < 1.29 is 28.7 Å². The number of carbonyl (C=O) groups is 5. The van der Waals surface area contributed by atoms with Crippen LogP contribution >= 0.6 is 0 Å². The molecule has 194 valence electrons. The van der Waals surface area contributed by atoms with Gasteiger partial charge in [-0.2, -0.15) is 0 Å². The fourth-order valence-electron chi connectivity index (χ4n) is 3.08. The number of alkyl carbamates (subject to hydrolysis) is 1. The van der Waals surface area contributed by atoms with Crippen LogP contribution in [0, 0.1) is 5.92 Å². The second-order valence-electron chi connectivity index (χ2n) is 9.78. The largest absolute Gasteiger partial charge is 0.444 e. The number of hydrogen-bond acceptors (Lipinski definition) is 6. The van der Waals surface area contributed by atoms with Crippen molar-refractivity contribution in [3.63, 3.8) is 0 Å². The molecule has 0 heterocycles. The molecule has 10 heteroatoms.